The van der Waals surface area contributed by atoms with Gasteiger partial charge in [0, 0.05) is 15.6 Å². The first-order valence-corrected chi connectivity index (χ1v) is 7.69. The van der Waals surface area contributed by atoms with E-state index in [2.05, 4.69) is 26.8 Å². The fourth-order valence-corrected chi connectivity index (χ4v) is 2.31. The molecule has 2 aromatic rings. The molecule has 1 aliphatic rings. The van der Waals surface area contributed by atoms with Crippen LogP contribution in [0.4, 0.5) is 0 Å². The topological polar surface area (TPSA) is 76.7 Å². The van der Waals surface area contributed by atoms with Crippen LogP contribution in [0.5, 0.6) is 11.5 Å². The molecule has 2 N–H and O–H groups in total. The summed E-state index contributed by atoms with van der Waals surface area (Å²) in [5, 5.41) is 0. The van der Waals surface area contributed by atoms with Crippen molar-refractivity contribution < 1.29 is 19.1 Å². The second-order valence-electron chi connectivity index (χ2n) is 4.77. The summed E-state index contributed by atoms with van der Waals surface area (Å²) < 4.78 is 11.7. The van der Waals surface area contributed by atoms with Gasteiger partial charge in [-0.3, -0.25) is 20.4 Å². The van der Waals surface area contributed by atoms with E-state index in [1.165, 1.54) is 0 Å². The van der Waals surface area contributed by atoms with Crippen molar-refractivity contribution >= 4 is 27.7 Å². The first-order chi connectivity index (χ1) is 11.1. The van der Waals surface area contributed by atoms with Crippen LogP contribution in [-0.2, 0) is 0 Å². The monoisotopic (exact) mass is 376 g/mol. The van der Waals surface area contributed by atoms with Gasteiger partial charge in [-0.05, 0) is 42.5 Å². The maximum absolute atomic E-state index is 12.1. The van der Waals surface area contributed by atoms with Crippen molar-refractivity contribution in [2.75, 3.05) is 13.2 Å². The van der Waals surface area contributed by atoms with Gasteiger partial charge in [0.1, 0.15) is 13.2 Å². The lowest BCUT2D eigenvalue weighted by atomic mass is 10.2. The molecule has 0 atom stereocenters. The number of hydrogen-bond acceptors (Lipinski definition) is 4. The number of rotatable bonds is 2. The molecule has 2 amide bonds. The number of hydrogen-bond donors (Lipinski definition) is 2. The van der Waals surface area contributed by atoms with E-state index in [0.29, 0.717) is 35.8 Å². The van der Waals surface area contributed by atoms with Crippen molar-refractivity contribution in [1.82, 2.24) is 10.9 Å². The van der Waals surface area contributed by atoms with Crippen LogP contribution in [0.25, 0.3) is 0 Å². The molecule has 2 aromatic carbocycles. The van der Waals surface area contributed by atoms with Gasteiger partial charge in [0.2, 0.25) is 0 Å². The predicted molar refractivity (Wildman–Crippen MR) is 86.5 cm³/mol. The van der Waals surface area contributed by atoms with Gasteiger partial charge >= 0.3 is 0 Å². The lowest BCUT2D eigenvalue weighted by molar-refractivity contribution is 0.0846. The molecule has 0 unspecified atom stereocenters. The van der Waals surface area contributed by atoms with Gasteiger partial charge < -0.3 is 9.47 Å². The third-order valence-electron chi connectivity index (χ3n) is 3.20. The molecule has 118 valence electrons. The van der Waals surface area contributed by atoms with Crippen LogP contribution in [0.2, 0.25) is 0 Å². The number of nitrogens with one attached hydrogen (secondary N) is 2. The van der Waals surface area contributed by atoms with Gasteiger partial charge in [0.15, 0.2) is 11.5 Å². The highest BCUT2D eigenvalue weighted by atomic mass is 79.9. The van der Waals surface area contributed by atoms with E-state index in [9.17, 15) is 9.59 Å². The number of halogens is 1. The molecule has 0 saturated carbocycles. The minimum Gasteiger partial charge on any atom is -0.486 e. The number of amides is 2. The second kappa shape index (κ2) is 6.70. The Balaban J connectivity index is 1.63. The van der Waals surface area contributed by atoms with Gasteiger partial charge in [-0.2, -0.15) is 0 Å². The van der Waals surface area contributed by atoms with Gasteiger partial charge in [0.25, 0.3) is 11.8 Å². The van der Waals surface area contributed by atoms with Crippen LogP contribution < -0.4 is 20.3 Å². The minimum atomic E-state index is -0.438. The van der Waals surface area contributed by atoms with Crippen molar-refractivity contribution in [3.8, 4) is 11.5 Å². The van der Waals surface area contributed by atoms with Crippen LogP contribution in [0, 0.1) is 0 Å². The number of fused-ring (bicyclic) bond motifs is 1. The first-order valence-electron chi connectivity index (χ1n) is 6.89. The Bertz CT molecular complexity index is 746. The maximum Gasteiger partial charge on any atom is 0.269 e. The average molecular weight is 377 g/mol. The Morgan fingerprint density at radius 1 is 0.826 bits per heavy atom. The van der Waals surface area contributed by atoms with Gasteiger partial charge in [-0.25, -0.2) is 0 Å². The number of carbonyl (C=O) groups is 2. The van der Waals surface area contributed by atoms with Crippen LogP contribution >= 0.6 is 15.9 Å². The molecule has 3 rings (SSSR count). The van der Waals surface area contributed by atoms with Crippen LogP contribution in [0.1, 0.15) is 20.7 Å². The number of benzene rings is 2. The van der Waals surface area contributed by atoms with E-state index in [0.717, 1.165) is 4.47 Å². The molecule has 1 heterocycles. The van der Waals surface area contributed by atoms with E-state index < -0.39 is 11.8 Å². The van der Waals surface area contributed by atoms with Crippen molar-refractivity contribution in [3.63, 3.8) is 0 Å². The van der Waals surface area contributed by atoms with Crippen molar-refractivity contribution in [3.05, 3.63) is 58.1 Å². The first kappa shape index (κ1) is 15.4. The molecular formula is C16H13BrN2O4. The molecule has 0 saturated heterocycles. The SMILES string of the molecule is O=C(NNC(=O)c1ccc2c(c1)OCCO2)c1ccc(Br)cc1. The fraction of sp³-hybridized carbons (Fsp3) is 0.125. The fourth-order valence-electron chi connectivity index (χ4n) is 2.04. The normalized spacial score (nSPS) is 12.4. The lowest BCUT2D eigenvalue weighted by Crippen LogP contribution is -2.41. The Morgan fingerprint density at radius 2 is 1.39 bits per heavy atom. The molecule has 23 heavy (non-hydrogen) atoms. The van der Waals surface area contributed by atoms with E-state index in [4.69, 9.17) is 9.47 Å². The molecule has 0 fully saturated rings. The van der Waals surface area contributed by atoms with Crippen LogP contribution in [0.3, 0.4) is 0 Å². The van der Waals surface area contributed by atoms with Crippen molar-refractivity contribution in [2.45, 2.75) is 0 Å². The standard InChI is InChI=1S/C16H13BrN2O4/c17-12-4-1-10(2-5-12)15(20)18-19-16(21)11-3-6-13-14(9-11)23-8-7-22-13/h1-6,9H,7-8H2,(H,18,20)(H,19,21). The minimum absolute atomic E-state index is 0.366. The van der Waals surface area contributed by atoms with E-state index in [1.807, 2.05) is 0 Å². The summed E-state index contributed by atoms with van der Waals surface area (Å²) in [7, 11) is 0. The summed E-state index contributed by atoms with van der Waals surface area (Å²) >= 11 is 3.29. The molecule has 0 spiro atoms. The highest BCUT2D eigenvalue weighted by Gasteiger charge is 2.15. The average Bonchev–Trinajstić information content (AvgIpc) is 2.59. The maximum atomic E-state index is 12.1. The molecule has 0 aromatic heterocycles. The third-order valence-corrected chi connectivity index (χ3v) is 3.73. The van der Waals surface area contributed by atoms with Crippen LogP contribution in [-0.4, -0.2) is 25.0 Å². The van der Waals surface area contributed by atoms with Gasteiger partial charge in [-0.15, -0.1) is 0 Å². The Hall–Kier alpha value is -2.54. The van der Waals surface area contributed by atoms with E-state index >= 15 is 0 Å². The van der Waals surface area contributed by atoms with Crippen LogP contribution in [0.15, 0.2) is 46.9 Å². The van der Waals surface area contributed by atoms with E-state index in [-0.39, 0.29) is 0 Å². The highest BCUT2D eigenvalue weighted by Crippen LogP contribution is 2.30. The lowest BCUT2D eigenvalue weighted by Gasteiger charge is -2.18. The Labute approximate surface area is 140 Å². The largest absolute Gasteiger partial charge is 0.486 e. The zero-order chi connectivity index (χ0) is 16.2. The van der Waals surface area contributed by atoms with Crippen molar-refractivity contribution in [2.24, 2.45) is 0 Å². The third kappa shape index (κ3) is 3.62. The summed E-state index contributed by atoms with van der Waals surface area (Å²) in [6, 6.07) is 11.6. The smallest absolute Gasteiger partial charge is 0.269 e. The summed E-state index contributed by atoms with van der Waals surface area (Å²) in [4.78, 5) is 24.0. The predicted octanol–water partition coefficient (Wildman–Crippen LogP) is 2.30. The summed E-state index contributed by atoms with van der Waals surface area (Å²) in [6.07, 6.45) is 0. The number of hydrazine groups is 1. The molecule has 6 nitrogen and oxygen atoms in total. The molecular weight excluding hydrogens is 364 g/mol. The van der Waals surface area contributed by atoms with Gasteiger partial charge in [0.05, 0.1) is 0 Å². The molecule has 1 aliphatic heterocycles. The highest BCUT2D eigenvalue weighted by molar-refractivity contribution is 9.10. The molecule has 0 radical (unpaired) electrons. The molecule has 7 heteroatoms. The second-order valence-corrected chi connectivity index (χ2v) is 5.69. The quantitative estimate of drug-likeness (QED) is 0.788. The Morgan fingerprint density at radius 3 is 2.09 bits per heavy atom. The molecule has 0 aliphatic carbocycles. The van der Waals surface area contributed by atoms with E-state index in [1.54, 1.807) is 42.5 Å². The van der Waals surface area contributed by atoms with Gasteiger partial charge in [-0.1, -0.05) is 15.9 Å². The summed E-state index contributed by atoms with van der Waals surface area (Å²) in [5.41, 5.74) is 5.55. The molecule has 0 bridgehead atoms. The van der Waals surface area contributed by atoms with Crippen molar-refractivity contribution in [1.29, 1.82) is 0 Å². The number of ether oxygens (including phenoxy) is 2. The number of carbonyl (C=O) groups excluding carboxylic acids is 2. The Kier molecular flexibility index (Phi) is 4.47. The zero-order valence-electron chi connectivity index (χ0n) is 12.0. The summed E-state index contributed by atoms with van der Waals surface area (Å²) in [5.74, 6) is 0.283. The summed E-state index contributed by atoms with van der Waals surface area (Å²) in [6.45, 7) is 0.931. The zero-order valence-corrected chi connectivity index (χ0v) is 13.6.